The van der Waals surface area contributed by atoms with Crippen molar-refractivity contribution in [1.29, 1.82) is 0 Å². The van der Waals surface area contributed by atoms with Crippen LogP contribution in [0.25, 0.3) is 0 Å². The van der Waals surface area contributed by atoms with Crippen molar-refractivity contribution in [1.82, 2.24) is 20.4 Å². The molecule has 2 N–H and O–H groups in total. The molecule has 0 aliphatic carbocycles. The van der Waals surface area contributed by atoms with Crippen molar-refractivity contribution < 1.29 is 4.79 Å². The Balaban J connectivity index is 1.46. The smallest absolute Gasteiger partial charge is 0.220 e. The zero-order chi connectivity index (χ0) is 21.3. The number of benzene rings is 1. The summed E-state index contributed by atoms with van der Waals surface area (Å²) in [5.74, 6) is 2.46. The third-order valence-electron chi connectivity index (χ3n) is 6.60. The van der Waals surface area contributed by atoms with Gasteiger partial charge >= 0.3 is 0 Å². The van der Waals surface area contributed by atoms with Gasteiger partial charge in [0, 0.05) is 46.7 Å². The van der Waals surface area contributed by atoms with Gasteiger partial charge in [0.2, 0.25) is 5.91 Å². The van der Waals surface area contributed by atoms with Gasteiger partial charge in [-0.2, -0.15) is 0 Å². The Morgan fingerprint density at radius 3 is 2.47 bits per heavy atom. The van der Waals surface area contributed by atoms with Crippen LogP contribution >= 0.6 is 0 Å². The summed E-state index contributed by atoms with van der Waals surface area (Å²) in [4.78, 5) is 21.0. The van der Waals surface area contributed by atoms with Crippen LogP contribution in [0.5, 0.6) is 0 Å². The molecule has 0 unspecified atom stereocenters. The van der Waals surface area contributed by atoms with Crippen molar-refractivity contribution in [3.8, 4) is 0 Å². The molecule has 3 rings (SSSR count). The topological polar surface area (TPSA) is 60.0 Å². The van der Waals surface area contributed by atoms with Gasteiger partial charge < -0.3 is 15.5 Å². The number of rotatable bonds is 6. The maximum Gasteiger partial charge on any atom is 0.220 e. The highest BCUT2D eigenvalue weighted by Gasteiger charge is 2.23. The van der Waals surface area contributed by atoms with Gasteiger partial charge in [-0.25, -0.2) is 0 Å². The van der Waals surface area contributed by atoms with E-state index >= 15 is 0 Å². The van der Waals surface area contributed by atoms with Crippen LogP contribution in [0.4, 0.5) is 0 Å². The molecule has 2 saturated heterocycles. The van der Waals surface area contributed by atoms with Crippen LogP contribution in [0.15, 0.2) is 29.3 Å². The number of hydrogen-bond acceptors (Lipinski definition) is 3. The number of nitrogens with one attached hydrogen (secondary N) is 2. The van der Waals surface area contributed by atoms with Crippen LogP contribution in [-0.2, 0) is 17.9 Å². The third kappa shape index (κ3) is 6.73. The molecule has 0 aromatic heterocycles. The van der Waals surface area contributed by atoms with E-state index in [1.54, 1.807) is 7.05 Å². The second kappa shape index (κ2) is 11.3. The second-order valence-electron chi connectivity index (χ2n) is 8.99. The molecule has 2 aliphatic heterocycles. The molecule has 1 aromatic rings. The van der Waals surface area contributed by atoms with Crippen molar-refractivity contribution in [3.63, 3.8) is 0 Å². The highest BCUT2D eigenvalue weighted by atomic mass is 16.1. The van der Waals surface area contributed by atoms with Gasteiger partial charge in [0.25, 0.3) is 0 Å². The van der Waals surface area contributed by atoms with E-state index in [0.29, 0.717) is 12.3 Å². The summed E-state index contributed by atoms with van der Waals surface area (Å²) in [6, 6.07) is 8.94. The van der Waals surface area contributed by atoms with Crippen LogP contribution in [0.1, 0.15) is 50.2 Å². The maximum atomic E-state index is 11.6. The summed E-state index contributed by atoms with van der Waals surface area (Å²) in [5, 5.41) is 6.28. The van der Waals surface area contributed by atoms with Crippen LogP contribution in [0.2, 0.25) is 0 Å². The molecule has 1 aromatic carbocycles. The Kier molecular flexibility index (Phi) is 8.55. The summed E-state index contributed by atoms with van der Waals surface area (Å²) in [5.41, 5.74) is 2.70. The van der Waals surface area contributed by atoms with E-state index in [2.05, 4.69) is 56.6 Å². The quantitative estimate of drug-likeness (QED) is 0.556. The molecule has 0 spiro atoms. The number of carbonyl (C=O) groups excluding carboxylic acids is 1. The first-order chi connectivity index (χ1) is 14.6. The fraction of sp³-hybridized carbons (Fsp3) is 0.667. The molecule has 1 amide bonds. The van der Waals surface area contributed by atoms with Crippen LogP contribution in [0, 0.1) is 11.8 Å². The van der Waals surface area contributed by atoms with Crippen molar-refractivity contribution in [2.45, 2.75) is 52.1 Å². The van der Waals surface area contributed by atoms with E-state index in [0.717, 1.165) is 50.9 Å². The summed E-state index contributed by atoms with van der Waals surface area (Å²) in [6.07, 6.45) is 5.35. The summed E-state index contributed by atoms with van der Waals surface area (Å²) >= 11 is 0. The predicted molar refractivity (Wildman–Crippen MR) is 123 cm³/mol. The van der Waals surface area contributed by atoms with E-state index in [4.69, 9.17) is 0 Å². The number of piperidine rings is 2. The van der Waals surface area contributed by atoms with E-state index < -0.39 is 0 Å². The lowest BCUT2D eigenvalue weighted by atomic mass is 9.93. The predicted octanol–water partition coefficient (Wildman–Crippen LogP) is 2.84. The molecular weight excluding hydrogens is 374 g/mol. The lowest BCUT2D eigenvalue weighted by molar-refractivity contribution is -0.121. The summed E-state index contributed by atoms with van der Waals surface area (Å²) in [7, 11) is 3.57. The Bertz CT molecular complexity index is 703. The molecule has 6 nitrogen and oxygen atoms in total. The van der Waals surface area contributed by atoms with E-state index in [1.807, 2.05) is 7.05 Å². The number of amides is 1. The van der Waals surface area contributed by atoms with Crippen LogP contribution in [0.3, 0.4) is 0 Å². The Morgan fingerprint density at radius 2 is 1.80 bits per heavy atom. The third-order valence-corrected chi connectivity index (χ3v) is 6.60. The fourth-order valence-corrected chi connectivity index (χ4v) is 4.54. The highest BCUT2D eigenvalue weighted by Crippen LogP contribution is 2.21. The Morgan fingerprint density at radius 1 is 1.10 bits per heavy atom. The molecule has 2 aliphatic rings. The lowest BCUT2D eigenvalue weighted by Gasteiger charge is -2.34. The summed E-state index contributed by atoms with van der Waals surface area (Å²) < 4.78 is 0. The SMILES string of the molecule is CN=C(NCc1cccc(CN2CCC(C)CC2)c1)N1CCC(CC(=O)NC)CC1. The van der Waals surface area contributed by atoms with E-state index in [9.17, 15) is 4.79 Å². The Labute approximate surface area is 182 Å². The number of carbonyl (C=O) groups is 1. The number of aliphatic imine (C=N–C) groups is 1. The van der Waals surface area contributed by atoms with Crippen molar-refractivity contribution in [3.05, 3.63) is 35.4 Å². The van der Waals surface area contributed by atoms with Gasteiger partial charge in [0.05, 0.1) is 0 Å². The van der Waals surface area contributed by atoms with Gasteiger partial charge in [-0.15, -0.1) is 0 Å². The average molecular weight is 414 g/mol. The Hall–Kier alpha value is -2.08. The number of nitrogens with zero attached hydrogens (tertiary/aromatic N) is 3. The average Bonchev–Trinajstić information content (AvgIpc) is 2.77. The zero-order valence-electron chi connectivity index (χ0n) is 19.0. The second-order valence-corrected chi connectivity index (χ2v) is 8.99. The fourth-order valence-electron chi connectivity index (χ4n) is 4.54. The van der Waals surface area contributed by atoms with Gasteiger partial charge in [0.15, 0.2) is 5.96 Å². The largest absolute Gasteiger partial charge is 0.359 e. The van der Waals surface area contributed by atoms with Crippen molar-refractivity contribution in [2.24, 2.45) is 16.8 Å². The molecule has 0 radical (unpaired) electrons. The molecule has 0 atom stereocenters. The molecule has 166 valence electrons. The molecule has 0 bridgehead atoms. The van der Waals surface area contributed by atoms with Crippen molar-refractivity contribution >= 4 is 11.9 Å². The lowest BCUT2D eigenvalue weighted by Crippen LogP contribution is -2.45. The molecule has 6 heteroatoms. The maximum absolute atomic E-state index is 11.6. The summed E-state index contributed by atoms with van der Waals surface area (Å²) in [6.45, 7) is 8.53. The minimum Gasteiger partial charge on any atom is -0.359 e. The van der Waals surface area contributed by atoms with E-state index in [1.165, 1.54) is 37.1 Å². The van der Waals surface area contributed by atoms with Gasteiger partial charge in [-0.05, 0) is 61.7 Å². The number of likely N-dealkylation sites (tertiary alicyclic amines) is 2. The minimum atomic E-state index is 0.148. The van der Waals surface area contributed by atoms with Gasteiger partial charge in [0.1, 0.15) is 0 Å². The molecule has 0 saturated carbocycles. The molecule has 30 heavy (non-hydrogen) atoms. The first-order valence-corrected chi connectivity index (χ1v) is 11.5. The molecule has 2 heterocycles. The number of hydrogen-bond donors (Lipinski definition) is 2. The standard InChI is InChI=1S/C24H39N5O/c1-19-7-11-28(12-8-19)18-22-6-4-5-21(15-22)17-27-24(26-3)29-13-9-20(10-14-29)16-23(30)25-2/h4-6,15,19-20H,7-14,16-18H2,1-3H3,(H,25,30)(H,26,27). The van der Waals surface area contributed by atoms with Gasteiger partial charge in [-0.1, -0.05) is 31.2 Å². The number of guanidine groups is 1. The van der Waals surface area contributed by atoms with Crippen LogP contribution in [-0.4, -0.2) is 61.9 Å². The zero-order valence-corrected chi connectivity index (χ0v) is 19.0. The van der Waals surface area contributed by atoms with Crippen molar-refractivity contribution in [2.75, 3.05) is 40.3 Å². The van der Waals surface area contributed by atoms with Crippen LogP contribution < -0.4 is 10.6 Å². The molecule has 2 fully saturated rings. The monoisotopic (exact) mass is 413 g/mol. The minimum absolute atomic E-state index is 0.148. The van der Waals surface area contributed by atoms with Gasteiger partial charge in [-0.3, -0.25) is 14.7 Å². The first-order valence-electron chi connectivity index (χ1n) is 11.5. The molecular formula is C24H39N5O. The highest BCUT2D eigenvalue weighted by molar-refractivity contribution is 5.80. The normalized spacial score (nSPS) is 19.7. The first kappa shape index (κ1) is 22.6. The van der Waals surface area contributed by atoms with E-state index in [-0.39, 0.29) is 5.91 Å².